The minimum atomic E-state index is -0.301. The molecule has 0 spiro atoms. The van der Waals surface area contributed by atoms with Crippen LogP contribution in [0.25, 0.3) is 0 Å². The van der Waals surface area contributed by atoms with E-state index in [1.807, 2.05) is 4.90 Å². The fraction of sp³-hybridized carbons (Fsp3) is 0.684. The van der Waals surface area contributed by atoms with Crippen molar-refractivity contribution in [1.29, 1.82) is 0 Å². The second-order valence-electron chi connectivity index (χ2n) is 7.68. The Hall–Kier alpha value is -1.76. The van der Waals surface area contributed by atoms with Crippen LogP contribution >= 0.6 is 11.3 Å². The van der Waals surface area contributed by atoms with Crippen molar-refractivity contribution in [3.8, 4) is 0 Å². The molecule has 2 fully saturated rings. The fourth-order valence-electron chi connectivity index (χ4n) is 3.99. The molecule has 7 heteroatoms. The summed E-state index contributed by atoms with van der Waals surface area (Å²) < 4.78 is 0. The van der Waals surface area contributed by atoms with E-state index >= 15 is 0 Å². The first-order valence-electron chi connectivity index (χ1n) is 9.74. The lowest BCUT2D eigenvalue weighted by molar-refractivity contribution is -0.135. The average molecular weight is 375 g/mol. The Morgan fingerprint density at radius 2 is 1.73 bits per heavy atom. The molecular formula is C19H25N3O3S. The maximum atomic E-state index is 12.9. The highest BCUT2D eigenvalue weighted by atomic mass is 32.1. The van der Waals surface area contributed by atoms with Crippen LogP contribution in [0, 0.1) is 11.8 Å². The summed E-state index contributed by atoms with van der Waals surface area (Å²) in [5.74, 6) is -0.124. The molecule has 1 aromatic heterocycles. The van der Waals surface area contributed by atoms with Crippen LogP contribution in [-0.2, 0) is 16.0 Å². The molecule has 0 unspecified atom stereocenters. The maximum absolute atomic E-state index is 12.9. The Morgan fingerprint density at radius 3 is 2.38 bits per heavy atom. The number of nitrogens with zero attached hydrogens (tertiary/aromatic N) is 2. The zero-order chi connectivity index (χ0) is 18.1. The van der Waals surface area contributed by atoms with Gasteiger partial charge in [-0.1, -0.05) is 30.6 Å². The summed E-state index contributed by atoms with van der Waals surface area (Å²) in [5, 5.41) is 3.36. The number of ketones is 1. The highest BCUT2D eigenvalue weighted by molar-refractivity contribution is 7.17. The number of carbonyl (C=O) groups is 3. The van der Waals surface area contributed by atoms with Crippen LogP contribution in [0.4, 0.5) is 5.13 Å². The van der Waals surface area contributed by atoms with Gasteiger partial charge >= 0.3 is 0 Å². The highest BCUT2D eigenvalue weighted by Crippen LogP contribution is 2.34. The smallest absolute Gasteiger partial charge is 0.229 e. The Bertz CT molecular complexity index is 718. The zero-order valence-electron chi connectivity index (χ0n) is 15.0. The van der Waals surface area contributed by atoms with Gasteiger partial charge in [0.1, 0.15) is 0 Å². The van der Waals surface area contributed by atoms with E-state index in [0.717, 1.165) is 45.2 Å². The number of aromatic nitrogens is 1. The number of nitrogens with one attached hydrogen (secondary N) is 1. The van der Waals surface area contributed by atoms with Crippen molar-refractivity contribution in [2.24, 2.45) is 11.8 Å². The molecule has 3 aliphatic rings. The standard InChI is InChI=1S/C19H25N3O3S/c23-15-11-13(18(25)22-8-3-1-2-4-9-22)10-14-16(15)26-19(20-14)21-17(24)12-6-5-7-12/h12-13H,1-11H2,(H,20,21,24)/t13-/m1/s1. The molecule has 1 saturated carbocycles. The van der Waals surface area contributed by atoms with E-state index in [9.17, 15) is 14.4 Å². The zero-order valence-corrected chi connectivity index (χ0v) is 15.8. The molecule has 2 amide bonds. The van der Waals surface area contributed by atoms with E-state index in [1.54, 1.807) is 0 Å². The van der Waals surface area contributed by atoms with Crippen LogP contribution < -0.4 is 5.32 Å². The summed E-state index contributed by atoms with van der Waals surface area (Å²) in [6, 6.07) is 0. The average Bonchev–Trinajstić information content (AvgIpc) is 2.78. The third-order valence-corrected chi connectivity index (χ3v) is 6.85. The molecule has 6 nitrogen and oxygen atoms in total. The number of carbonyl (C=O) groups excluding carboxylic acids is 3. The predicted molar refractivity (Wildman–Crippen MR) is 99.3 cm³/mol. The van der Waals surface area contributed by atoms with Crippen molar-refractivity contribution in [3.63, 3.8) is 0 Å². The van der Waals surface area contributed by atoms with Crippen molar-refractivity contribution in [2.45, 2.75) is 57.8 Å². The number of Topliss-reactive ketones (excluding diaryl/α,β-unsaturated/α-hetero) is 1. The Kier molecular flexibility index (Phi) is 5.07. The number of amides is 2. The molecule has 0 aromatic carbocycles. The number of likely N-dealkylation sites (tertiary alicyclic amines) is 1. The van der Waals surface area contributed by atoms with Gasteiger partial charge in [0.05, 0.1) is 16.5 Å². The first kappa shape index (κ1) is 17.6. The summed E-state index contributed by atoms with van der Waals surface area (Å²) in [7, 11) is 0. The van der Waals surface area contributed by atoms with Gasteiger partial charge in [-0.3, -0.25) is 14.4 Å². The van der Waals surface area contributed by atoms with Crippen molar-refractivity contribution in [3.05, 3.63) is 10.6 Å². The van der Waals surface area contributed by atoms with Crippen molar-refractivity contribution in [2.75, 3.05) is 18.4 Å². The van der Waals surface area contributed by atoms with Crippen LogP contribution in [0.5, 0.6) is 0 Å². The summed E-state index contributed by atoms with van der Waals surface area (Å²) in [6.45, 7) is 1.60. The summed E-state index contributed by atoms with van der Waals surface area (Å²) in [4.78, 5) is 44.5. The number of thiazole rings is 1. The van der Waals surface area contributed by atoms with Gasteiger partial charge < -0.3 is 10.2 Å². The van der Waals surface area contributed by atoms with E-state index in [2.05, 4.69) is 10.3 Å². The SMILES string of the molecule is O=C1C[C@H](C(=O)N2CCCCCC2)Cc2nc(NC(=O)C3CCC3)sc21. The Labute approximate surface area is 157 Å². The Morgan fingerprint density at radius 1 is 1.00 bits per heavy atom. The lowest BCUT2D eigenvalue weighted by Gasteiger charge is -2.27. The first-order valence-corrected chi connectivity index (χ1v) is 10.6. The van der Waals surface area contributed by atoms with E-state index in [0.29, 0.717) is 22.1 Å². The molecular weight excluding hydrogens is 350 g/mol. The molecule has 4 rings (SSSR count). The molecule has 1 atom stereocenters. The topological polar surface area (TPSA) is 79.4 Å². The minimum absolute atomic E-state index is 0.00647. The van der Waals surface area contributed by atoms with Gasteiger partial charge in [0.15, 0.2) is 10.9 Å². The van der Waals surface area contributed by atoms with Crippen LogP contribution in [0.1, 0.15) is 66.7 Å². The summed E-state index contributed by atoms with van der Waals surface area (Å²) in [6.07, 6.45) is 8.18. The molecule has 140 valence electrons. The number of hydrogen-bond acceptors (Lipinski definition) is 5. The summed E-state index contributed by atoms with van der Waals surface area (Å²) >= 11 is 1.26. The van der Waals surface area contributed by atoms with Crippen LogP contribution in [0.3, 0.4) is 0 Å². The van der Waals surface area contributed by atoms with E-state index in [4.69, 9.17) is 0 Å². The number of fused-ring (bicyclic) bond motifs is 1. The predicted octanol–water partition coefficient (Wildman–Crippen LogP) is 3.03. The van der Waals surface area contributed by atoms with Crippen molar-refractivity contribution in [1.82, 2.24) is 9.88 Å². The quantitative estimate of drug-likeness (QED) is 0.881. The van der Waals surface area contributed by atoms with Crippen LogP contribution in [0.15, 0.2) is 0 Å². The normalized spacial score (nSPS) is 23.8. The third kappa shape index (κ3) is 3.54. The van der Waals surface area contributed by atoms with Gasteiger partial charge in [-0.15, -0.1) is 0 Å². The monoisotopic (exact) mass is 375 g/mol. The van der Waals surface area contributed by atoms with E-state index < -0.39 is 0 Å². The maximum Gasteiger partial charge on any atom is 0.229 e. The lowest BCUT2D eigenvalue weighted by Crippen LogP contribution is -2.40. The van der Waals surface area contributed by atoms with E-state index in [-0.39, 0.29) is 35.9 Å². The highest BCUT2D eigenvalue weighted by Gasteiger charge is 2.35. The van der Waals surface area contributed by atoms with Gasteiger partial charge in [0.2, 0.25) is 11.8 Å². The van der Waals surface area contributed by atoms with Gasteiger partial charge in [0, 0.05) is 31.8 Å². The molecule has 1 aromatic rings. The molecule has 26 heavy (non-hydrogen) atoms. The van der Waals surface area contributed by atoms with E-state index in [1.165, 1.54) is 24.2 Å². The molecule has 1 N–H and O–H groups in total. The molecule has 2 aliphatic carbocycles. The number of hydrogen-bond donors (Lipinski definition) is 1. The molecule has 1 aliphatic heterocycles. The molecule has 2 heterocycles. The number of rotatable bonds is 3. The third-order valence-electron chi connectivity index (χ3n) is 5.80. The minimum Gasteiger partial charge on any atom is -0.342 e. The van der Waals surface area contributed by atoms with Gasteiger partial charge in [0.25, 0.3) is 0 Å². The number of anilines is 1. The van der Waals surface area contributed by atoms with Crippen molar-refractivity contribution >= 4 is 34.1 Å². The second-order valence-corrected chi connectivity index (χ2v) is 8.68. The largest absolute Gasteiger partial charge is 0.342 e. The lowest BCUT2D eigenvalue weighted by atomic mass is 9.85. The van der Waals surface area contributed by atoms with Crippen LogP contribution in [-0.4, -0.2) is 40.6 Å². The Balaban J connectivity index is 1.44. The fourth-order valence-corrected chi connectivity index (χ4v) is 4.93. The first-order chi connectivity index (χ1) is 12.6. The van der Waals surface area contributed by atoms with Crippen molar-refractivity contribution < 1.29 is 14.4 Å². The second kappa shape index (κ2) is 7.47. The van der Waals surface area contributed by atoms with Gasteiger partial charge in [-0.2, -0.15) is 0 Å². The van der Waals surface area contributed by atoms with Gasteiger partial charge in [-0.25, -0.2) is 4.98 Å². The van der Waals surface area contributed by atoms with Gasteiger partial charge in [-0.05, 0) is 25.7 Å². The molecule has 0 bridgehead atoms. The summed E-state index contributed by atoms with van der Waals surface area (Å²) in [5.41, 5.74) is 0.684. The molecule has 0 radical (unpaired) electrons. The molecule has 1 saturated heterocycles. The van der Waals surface area contributed by atoms with Crippen LogP contribution in [0.2, 0.25) is 0 Å².